The van der Waals surface area contributed by atoms with Crippen LogP contribution in [0.2, 0.25) is 0 Å². The van der Waals surface area contributed by atoms with Crippen molar-refractivity contribution in [3.05, 3.63) is 22.9 Å². The van der Waals surface area contributed by atoms with Crippen LogP contribution in [-0.4, -0.2) is 36.8 Å². The number of rotatable bonds is 1. The van der Waals surface area contributed by atoms with Crippen LogP contribution in [0.25, 0.3) is 0 Å². The van der Waals surface area contributed by atoms with Crippen molar-refractivity contribution in [1.29, 1.82) is 5.26 Å². The Kier molecular flexibility index (Phi) is 2.97. The zero-order valence-corrected chi connectivity index (χ0v) is 13.3. The lowest BCUT2D eigenvalue weighted by Gasteiger charge is -2.39. The maximum absolute atomic E-state index is 9.51. The van der Waals surface area contributed by atoms with Gasteiger partial charge in [-0.15, -0.1) is 0 Å². The predicted octanol–water partition coefficient (Wildman–Crippen LogP) is 1.60. The Morgan fingerprint density at radius 3 is 2.86 bits per heavy atom. The first-order valence-corrected chi connectivity index (χ1v) is 8.03. The number of fused-ring (bicyclic) bond motifs is 1. The first-order chi connectivity index (χ1) is 10.5. The smallest absolute Gasteiger partial charge is 0.146 e. The second kappa shape index (κ2) is 4.68. The number of nitrogens with one attached hydrogen (secondary N) is 1. The molecule has 0 unspecified atom stereocenters. The Labute approximate surface area is 131 Å². The third-order valence-electron chi connectivity index (χ3n) is 5.24. The molecule has 0 saturated carbocycles. The molecule has 22 heavy (non-hydrogen) atoms. The number of pyridine rings is 1. The van der Waals surface area contributed by atoms with Gasteiger partial charge < -0.3 is 15.0 Å². The summed E-state index contributed by atoms with van der Waals surface area (Å²) in [7, 11) is 0. The lowest BCUT2D eigenvalue weighted by Crippen LogP contribution is -2.54. The van der Waals surface area contributed by atoms with Gasteiger partial charge in [0.05, 0.1) is 23.5 Å². The Bertz CT molecular complexity index is 657. The number of aromatic nitrogens is 1. The van der Waals surface area contributed by atoms with E-state index >= 15 is 0 Å². The standard InChI is InChI=1S/C17H22N4O/c1-16(2)6-14-13(8-22-16)5-12(7-18)15(20-14)21-4-3-17(11-21)9-19-10-17/h5,19H,3-4,6,8-11H2,1-2H3. The molecule has 5 heteroatoms. The molecule has 0 aromatic carbocycles. The van der Waals surface area contributed by atoms with Crippen molar-refractivity contribution in [2.45, 2.75) is 38.9 Å². The zero-order chi connectivity index (χ0) is 15.4. The quantitative estimate of drug-likeness (QED) is 0.853. The summed E-state index contributed by atoms with van der Waals surface area (Å²) in [5.74, 6) is 0.878. The Hall–Kier alpha value is -1.64. The summed E-state index contributed by atoms with van der Waals surface area (Å²) in [6.07, 6.45) is 2.00. The van der Waals surface area contributed by atoms with Gasteiger partial charge in [-0.2, -0.15) is 5.26 Å². The first-order valence-electron chi connectivity index (χ1n) is 8.03. The number of hydrogen-bond acceptors (Lipinski definition) is 5. The van der Waals surface area contributed by atoms with E-state index in [1.807, 2.05) is 6.07 Å². The van der Waals surface area contributed by atoms with E-state index in [0.29, 0.717) is 17.6 Å². The summed E-state index contributed by atoms with van der Waals surface area (Å²) in [5, 5.41) is 12.9. The summed E-state index contributed by atoms with van der Waals surface area (Å²) in [6.45, 7) is 8.95. The fourth-order valence-corrected chi connectivity index (χ4v) is 3.79. The number of anilines is 1. The van der Waals surface area contributed by atoms with E-state index in [1.165, 1.54) is 6.42 Å². The third-order valence-corrected chi connectivity index (χ3v) is 5.24. The molecule has 5 nitrogen and oxygen atoms in total. The first kappa shape index (κ1) is 14.0. The van der Waals surface area contributed by atoms with Crippen LogP contribution in [0.15, 0.2) is 6.07 Å². The molecule has 2 fully saturated rings. The SMILES string of the molecule is CC1(C)Cc2nc(N3CCC4(CNC4)C3)c(C#N)cc2CO1. The Balaban J connectivity index is 1.69. The molecule has 116 valence electrons. The molecule has 0 atom stereocenters. The summed E-state index contributed by atoms with van der Waals surface area (Å²) in [6, 6.07) is 4.31. The van der Waals surface area contributed by atoms with E-state index in [1.54, 1.807) is 0 Å². The fourth-order valence-electron chi connectivity index (χ4n) is 3.79. The van der Waals surface area contributed by atoms with E-state index < -0.39 is 0 Å². The van der Waals surface area contributed by atoms with E-state index in [-0.39, 0.29) is 5.60 Å². The van der Waals surface area contributed by atoms with Gasteiger partial charge in [0.2, 0.25) is 0 Å². The van der Waals surface area contributed by atoms with E-state index in [0.717, 1.165) is 49.7 Å². The fraction of sp³-hybridized carbons (Fsp3) is 0.647. The van der Waals surface area contributed by atoms with Crippen LogP contribution in [0.3, 0.4) is 0 Å². The van der Waals surface area contributed by atoms with Crippen LogP contribution >= 0.6 is 0 Å². The average Bonchev–Trinajstić information content (AvgIpc) is 2.90. The average molecular weight is 298 g/mol. The molecule has 1 N–H and O–H groups in total. The van der Waals surface area contributed by atoms with Gasteiger partial charge in [-0.25, -0.2) is 4.98 Å². The predicted molar refractivity (Wildman–Crippen MR) is 83.7 cm³/mol. The highest BCUT2D eigenvalue weighted by Crippen LogP contribution is 2.38. The van der Waals surface area contributed by atoms with Crippen molar-refractivity contribution in [3.63, 3.8) is 0 Å². The van der Waals surface area contributed by atoms with Crippen molar-refractivity contribution in [2.75, 3.05) is 31.1 Å². The van der Waals surface area contributed by atoms with Gasteiger partial charge in [-0.3, -0.25) is 0 Å². The van der Waals surface area contributed by atoms with Crippen LogP contribution < -0.4 is 10.2 Å². The largest absolute Gasteiger partial charge is 0.370 e. The topological polar surface area (TPSA) is 61.2 Å². The van der Waals surface area contributed by atoms with E-state index in [2.05, 4.69) is 30.1 Å². The highest BCUT2D eigenvalue weighted by molar-refractivity contribution is 5.57. The molecule has 1 aromatic heterocycles. The maximum Gasteiger partial charge on any atom is 0.146 e. The highest BCUT2D eigenvalue weighted by atomic mass is 16.5. The summed E-state index contributed by atoms with van der Waals surface area (Å²) in [4.78, 5) is 7.20. The molecule has 0 radical (unpaired) electrons. The van der Waals surface area contributed by atoms with Gasteiger partial charge in [0.15, 0.2) is 0 Å². The van der Waals surface area contributed by atoms with Crippen molar-refractivity contribution in [3.8, 4) is 6.07 Å². The zero-order valence-electron chi connectivity index (χ0n) is 13.3. The monoisotopic (exact) mass is 298 g/mol. The Morgan fingerprint density at radius 1 is 1.41 bits per heavy atom. The molecule has 0 amide bonds. The minimum Gasteiger partial charge on any atom is -0.370 e. The van der Waals surface area contributed by atoms with Crippen molar-refractivity contribution in [1.82, 2.24) is 10.3 Å². The van der Waals surface area contributed by atoms with Crippen molar-refractivity contribution < 1.29 is 4.74 Å². The number of hydrogen-bond donors (Lipinski definition) is 1. The minimum atomic E-state index is -0.171. The lowest BCUT2D eigenvalue weighted by atomic mass is 9.81. The summed E-state index contributed by atoms with van der Waals surface area (Å²) < 4.78 is 5.84. The normalized spacial score (nSPS) is 24.7. The van der Waals surface area contributed by atoms with Gasteiger partial charge in [0.25, 0.3) is 0 Å². The van der Waals surface area contributed by atoms with Gasteiger partial charge in [0, 0.05) is 43.6 Å². The van der Waals surface area contributed by atoms with Crippen LogP contribution in [0.1, 0.15) is 37.1 Å². The molecule has 4 rings (SSSR count). The summed E-state index contributed by atoms with van der Waals surface area (Å²) in [5.41, 5.74) is 3.09. The molecule has 1 aromatic rings. The lowest BCUT2D eigenvalue weighted by molar-refractivity contribution is -0.0412. The molecule has 3 aliphatic heterocycles. The van der Waals surface area contributed by atoms with Crippen LogP contribution in [-0.2, 0) is 17.8 Å². The van der Waals surface area contributed by atoms with Crippen LogP contribution in [0, 0.1) is 16.7 Å². The van der Waals surface area contributed by atoms with E-state index in [4.69, 9.17) is 9.72 Å². The van der Waals surface area contributed by atoms with Gasteiger partial charge >= 0.3 is 0 Å². The van der Waals surface area contributed by atoms with Crippen LogP contribution in [0.5, 0.6) is 0 Å². The second-order valence-corrected chi connectivity index (χ2v) is 7.58. The number of nitriles is 1. The molecule has 0 aliphatic carbocycles. The highest BCUT2D eigenvalue weighted by Gasteiger charge is 2.44. The molecule has 3 aliphatic rings. The van der Waals surface area contributed by atoms with Crippen molar-refractivity contribution >= 4 is 5.82 Å². The minimum absolute atomic E-state index is 0.171. The third kappa shape index (κ3) is 2.18. The molecule has 0 bridgehead atoms. The molecular weight excluding hydrogens is 276 g/mol. The number of nitrogens with zero attached hydrogens (tertiary/aromatic N) is 3. The van der Waals surface area contributed by atoms with Gasteiger partial charge in [-0.1, -0.05) is 0 Å². The molecular formula is C17H22N4O. The summed E-state index contributed by atoms with van der Waals surface area (Å²) >= 11 is 0. The second-order valence-electron chi connectivity index (χ2n) is 7.58. The molecule has 1 spiro atoms. The van der Waals surface area contributed by atoms with Crippen LogP contribution in [0.4, 0.5) is 5.82 Å². The maximum atomic E-state index is 9.51. The van der Waals surface area contributed by atoms with Gasteiger partial charge in [-0.05, 0) is 26.3 Å². The van der Waals surface area contributed by atoms with Crippen molar-refractivity contribution in [2.24, 2.45) is 5.41 Å². The van der Waals surface area contributed by atoms with E-state index in [9.17, 15) is 5.26 Å². The molecule has 2 saturated heterocycles. The number of ether oxygens (including phenoxy) is 1. The molecule has 4 heterocycles. The van der Waals surface area contributed by atoms with Gasteiger partial charge in [0.1, 0.15) is 11.9 Å². The Morgan fingerprint density at radius 2 is 2.23 bits per heavy atom.